The van der Waals surface area contributed by atoms with E-state index in [0.717, 1.165) is 16.6 Å². The SMILES string of the molecule is O=c1[nH]c(CSc2nc3ccccc3o2)nc2ccsc12. The number of H-pyrrole nitrogens is 1. The maximum atomic E-state index is 11.9. The number of para-hydroxylation sites is 2. The Morgan fingerprint density at radius 3 is 3.00 bits per heavy atom. The molecule has 0 aliphatic heterocycles. The molecular formula is C14H9N3O2S2. The lowest BCUT2D eigenvalue weighted by Crippen LogP contribution is -2.09. The summed E-state index contributed by atoms with van der Waals surface area (Å²) in [5.41, 5.74) is 2.23. The van der Waals surface area contributed by atoms with Gasteiger partial charge in [-0.25, -0.2) is 9.97 Å². The molecule has 0 radical (unpaired) electrons. The summed E-state index contributed by atoms with van der Waals surface area (Å²) < 4.78 is 6.28. The van der Waals surface area contributed by atoms with Gasteiger partial charge in [0.15, 0.2) is 5.58 Å². The first-order chi connectivity index (χ1) is 10.3. The van der Waals surface area contributed by atoms with Gasteiger partial charge in [-0.3, -0.25) is 4.79 Å². The van der Waals surface area contributed by atoms with Gasteiger partial charge < -0.3 is 9.40 Å². The average Bonchev–Trinajstić information content (AvgIpc) is 3.11. The molecule has 0 spiro atoms. The predicted octanol–water partition coefficient (Wildman–Crippen LogP) is 3.42. The van der Waals surface area contributed by atoms with Gasteiger partial charge in [0.2, 0.25) is 0 Å². The standard InChI is InChI=1S/C14H9N3O2S2/c18-13-12-9(5-6-20-12)15-11(17-13)7-21-14-16-8-3-1-2-4-10(8)19-14/h1-6H,7H2,(H,15,17,18). The van der Waals surface area contributed by atoms with Crippen LogP contribution < -0.4 is 5.56 Å². The first-order valence-electron chi connectivity index (χ1n) is 6.24. The summed E-state index contributed by atoms with van der Waals surface area (Å²) >= 11 is 2.81. The van der Waals surface area contributed by atoms with Gasteiger partial charge in [0, 0.05) is 0 Å². The van der Waals surface area contributed by atoms with Crippen molar-refractivity contribution in [3.05, 3.63) is 51.9 Å². The molecule has 3 aromatic heterocycles. The molecule has 104 valence electrons. The van der Waals surface area contributed by atoms with Gasteiger partial charge in [-0.05, 0) is 23.6 Å². The number of oxazole rings is 1. The highest BCUT2D eigenvalue weighted by molar-refractivity contribution is 7.98. The lowest BCUT2D eigenvalue weighted by atomic mass is 10.3. The Hall–Kier alpha value is -2.12. The van der Waals surface area contributed by atoms with Crippen LogP contribution in [0.5, 0.6) is 0 Å². The monoisotopic (exact) mass is 315 g/mol. The average molecular weight is 315 g/mol. The number of nitrogens with zero attached hydrogens (tertiary/aromatic N) is 2. The molecule has 21 heavy (non-hydrogen) atoms. The Bertz CT molecular complexity index is 953. The summed E-state index contributed by atoms with van der Waals surface area (Å²) in [6.07, 6.45) is 0. The van der Waals surface area contributed by atoms with Crippen molar-refractivity contribution < 1.29 is 4.42 Å². The second kappa shape index (κ2) is 5.01. The fourth-order valence-electron chi connectivity index (χ4n) is 2.03. The van der Waals surface area contributed by atoms with Crippen LogP contribution in [0.15, 0.2) is 50.1 Å². The van der Waals surface area contributed by atoms with Crippen LogP contribution in [0, 0.1) is 0 Å². The third-order valence-corrected chi connectivity index (χ3v) is 4.71. The highest BCUT2D eigenvalue weighted by Gasteiger charge is 2.09. The summed E-state index contributed by atoms with van der Waals surface area (Å²) in [5.74, 6) is 1.13. The van der Waals surface area contributed by atoms with Gasteiger partial charge in [0.25, 0.3) is 10.8 Å². The molecule has 4 rings (SSSR count). The molecular weight excluding hydrogens is 306 g/mol. The van der Waals surface area contributed by atoms with Crippen molar-refractivity contribution in [3.63, 3.8) is 0 Å². The molecule has 0 saturated heterocycles. The lowest BCUT2D eigenvalue weighted by Gasteiger charge is -1.98. The van der Waals surface area contributed by atoms with Crippen LogP contribution in [0.2, 0.25) is 0 Å². The molecule has 5 nitrogen and oxygen atoms in total. The van der Waals surface area contributed by atoms with Crippen LogP contribution in [0.4, 0.5) is 0 Å². The number of aromatic amines is 1. The van der Waals surface area contributed by atoms with Crippen LogP contribution >= 0.6 is 23.1 Å². The van der Waals surface area contributed by atoms with Crippen molar-refractivity contribution in [2.24, 2.45) is 0 Å². The molecule has 7 heteroatoms. The van der Waals surface area contributed by atoms with E-state index in [1.165, 1.54) is 23.1 Å². The van der Waals surface area contributed by atoms with Gasteiger partial charge in [-0.15, -0.1) is 11.3 Å². The van der Waals surface area contributed by atoms with Gasteiger partial charge in [0.1, 0.15) is 16.0 Å². The number of aromatic nitrogens is 3. The third kappa shape index (κ3) is 2.34. The van der Waals surface area contributed by atoms with Crippen LogP contribution in [0.1, 0.15) is 5.82 Å². The van der Waals surface area contributed by atoms with Gasteiger partial charge in [0.05, 0.1) is 11.3 Å². The van der Waals surface area contributed by atoms with E-state index in [1.54, 1.807) is 0 Å². The summed E-state index contributed by atoms with van der Waals surface area (Å²) in [6.45, 7) is 0. The smallest absolute Gasteiger partial charge is 0.268 e. The molecule has 0 aliphatic rings. The number of fused-ring (bicyclic) bond motifs is 2. The topological polar surface area (TPSA) is 71.8 Å². The van der Waals surface area contributed by atoms with E-state index >= 15 is 0 Å². The second-order valence-corrected chi connectivity index (χ2v) is 6.23. The highest BCUT2D eigenvalue weighted by Crippen LogP contribution is 2.25. The molecule has 1 aromatic carbocycles. The molecule has 1 N–H and O–H groups in total. The summed E-state index contributed by atoms with van der Waals surface area (Å²) in [5, 5.41) is 2.44. The molecule has 3 heterocycles. The maximum absolute atomic E-state index is 11.9. The zero-order chi connectivity index (χ0) is 14.2. The zero-order valence-electron chi connectivity index (χ0n) is 10.7. The van der Waals surface area contributed by atoms with Gasteiger partial charge in [-0.2, -0.15) is 0 Å². The number of hydrogen-bond donors (Lipinski definition) is 1. The minimum atomic E-state index is -0.0943. The Balaban J connectivity index is 1.61. The van der Waals surface area contributed by atoms with E-state index < -0.39 is 0 Å². The summed E-state index contributed by atoms with van der Waals surface area (Å²) in [7, 11) is 0. The van der Waals surface area contributed by atoms with Crippen LogP contribution in [0.3, 0.4) is 0 Å². The van der Waals surface area contributed by atoms with Crippen molar-refractivity contribution in [3.8, 4) is 0 Å². The van der Waals surface area contributed by atoms with Crippen LogP contribution in [0.25, 0.3) is 21.3 Å². The van der Waals surface area contributed by atoms with E-state index in [2.05, 4.69) is 15.0 Å². The zero-order valence-corrected chi connectivity index (χ0v) is 12.3. The number of thioether (sulfide) groups is 1. The molecule has 0 saturated carbocycles. The Kier molecular flexibility index (Phi) is 3.01. The van der Waals surface area contributed by atoms with Gasteiger partial charge in [-0.1, -0.05) is 23.9 Å². The molecule has 0 atom stereocenters. The number of benzene rings is 1. The number of rotatable bonds is 3. The number of nitrogens with one attached hydrogen (secondary N) is 1. The van der Waals surface area contributed by atoms with E-state index in [9.17, 15) is 4.79 Å². The van der Waals surface area contributed by atoms with Crippen LogP contribution in [-0.4, -0.2) is 15.0 Å². The van der Waals surface area contributed by atoms with E-state index in [4.69, 9.17) is 4.42 Å². The molecule has 4 aromatic rings. The Morgan fingerprint density at radius 2 is 2.10 bits per heavy atom. The van der Waals surface area contributed by atoms with Crippen molar-refractivity contribution in [1.82, 2.24) is 15.0 Å². The first kappa shape index (κ1) is 12.6. The van der Waals surface area contributed by atoms with E-state index in [1.807, 2.05) is 35.7 Å². The Labute approximate surface area is 127 Å². The van der Waals surface area contributed by atoms with Crippen molar-refractivity contribution in [1.29, 1.82) is 0 Å². The number of thiophene rings is 1. The lowest BCUT2D eigenvalue weighted by molar-refractivity contribution is 0.489. The van der Waals surface area contributed by atoms with E-state index in [0.29, 0.717) is 21.5 Å². The fourth-order valence-corrected chi connectivity index (χ4v) is 3.47. The third-order valence-electron chi connectivity index (χ3n) is 2.97. The normalized spacial score (nSPS) is 11.4. The second-order valence-electron chi connectivity index (χ2n) is 4.38. The van der Waals surface area contributed by atoms with Crippen LogP contribution in [-0.2, 0) is 5.75 Å². The van der Waals surface area contributed by atoms with Crippen molar-refractivity contribution in [2.45, 2.75) is 11.0 Å². The van der Waals surface area contributed by atoms with Crippen molar-refractivity contribution >= 4 is 44.4 Å². The predicted molar refractivity (Wildman–Crippen MR) is 83.8 cm³/mol. The van der Waals surface area contributed by atoms with Crippen molar-refractivity contribution in [2.75, 3.05) is 0 Å². The quantitative estimate of drug-likeness (QED) is 0.587. The summed E-state index contributed by atoms with van der Waals surface area (Å²) in [4.78, 5) is 23.5. The minimum Gasteiger partial charge on any atom is -0.431 e. The minimum absolute atomic E-state index is 0.0943. The molecule has 0 unspecified atom stereocenters. The van der Waals surface area contributed by atoms with Gasteiger partial charge >= 0.3 is 0 Å². The maximum Gasteiger partial charge on any atom is 0.268 e. The number of hydrogen-bond acceptors (Lipinski definition) is 6. The molecule has 0 amide bonds. The van der Waals surface area contributed by atoms with E-state index in [-0.39, 0.29) is 5.56 Å². The molecule has 0 bridgehead atoms. The largest absolute Gasteiger partial charge is 0.431 e. The first-order valence-corrected chi connectivity index (χ1v) is 8.11. The summed E-state index contributed by atoms with van der Waals surface area (Å²) in [6, 6.07) is 9.46. The Morgan fingerprint density at radius 1 is 1.19 bits per heavy atom. The molecule has 0 fully saturated rings. The molecule has 0 aliphatic carbocycles. The highest BCUT2D eigenvalue weighted by atomic mass is 32.2. The fraction of sp³-hybridized carbons (Fsp3) is 0.0714.